The van der Waals surface area contributed by atoms with Gasteiger partial charge in [0.05, 0.1) is 5.01 Å². The van der Waals surface area contributed by atoms with Crippen molar-refractivity contribution in [3.8, 4) is 0 Å². The molecule has 18 heavy (non-hydrogen) atoms. The second kappa shape index (κ2) is 26.3. The van der Waals surface area contributed by atoms with E-state index >= 15 is 0 Å². The van der Waals surface area contributed by atoms with Gasteiger partial charge in [-0.1, -0.05) is 34.6 Å². The Bertz CT molecular complexity index is 210. The molecule has 3 heteroatoms. The van der Waals surface area contributed by atoms with Crippen molar-refractivity contribution in [2.24, 2.45) is 0 Å². The topological polar surface area (TPSA) is 12.9 Å². The molecule has 0 bridgehead atoms. The third kappa shape index (κ3) is 25.5. The molecule has 0 radical (unpaired) electrons. The van der Waals surface area contributed by atoms with E-state index in [1.54, 1.807) is 11.3 Å². The van der Waals surface area contributed by atoms with Crippen molar-refractivity contribution in [3.63, 3.8) is 0 Å². The van der Waals surface area contributed by atoms with Gasteiger partial charge in [0.25, 0.3) is 0 Å². The third-order valence-corrected chi connectivity index (χ3v) is 2.16. The standard InChI is InChI=1S/C7H11NS.2C3H7.C2H6.U/c1-3-4-7-8-6(2)5-9-7;2*1-3-2;1-2;/h5H,3-4H2,1-2H3;2*1,3H2,2H3;1-2H3;/q;2*-1;;+2. The fraction of sp³-hybridized carbons (Fsp3) is 0.667. The van der Waals surface area contributed by atoms with E-state index < -0.39 is 0 Å². The Morgan fingerprint density at radius 2 is 1.50 bits per heavy atom. The molecule has 0 unspecified atom stereocenters. The Morgan fingerprint density at radius 3 is 1.72 bits per heavy atom. The number of aryl methyl sites for hydroxylation is 2. The molecule has 1 aromatic heterocycles. The summed E-state index contributed by atoms with van der Waals surface area (Å²) in [4.78, 5) is 4.32. The molecule has 1 aromatic rings. The van der Waals surface area contributed by atoms with Gasteiger partial charge in [-0.2, -0.15) is 12.8 Å². The van der Waals surface area contributed by atoms with E-state index in [0.717, 1.165) is 25.0 Å². The van der Waals surface area contributed by atoms with E-state index in [4.69, 9.17) is 0 Å². The van der Waals surface area contributed by atoms with Crippen LogP contribution in [0.5, 0.6) is 0 Å². The van der Waals surface area contributed by atoms with Gasteiger partial charge in [0, 0.05) is 11.1 Å². The molecule has 1 nitrogen and oxygen atoms in total. The molecule has 0 saturated heterocycles. The molecule has 0 aliphatic heterocycles. The van der Waals surface area contributed by atoms with Crippen LogP contribution in [0, 0.1) is 51.9 Å². The van der Waals surface area contributed by atoms with Crippen LogP contribution in [0.25, 0.3) is 0 Å². The first kappa shape index (κ1) is 27.1. The zero-order chi connectivity index (χ0) is 14.1. The van der Waals surface area contributed by atoms with Gasteiger partial charge < -0.3 is 13.8 Å². The Morgan fingerprint density at radius 1 is 1.11 bits per heavy atom. The maximum Gasteiger partial charge on any atom is 2.00 e. The van der Waals surface area contributed by atoms with Crippen molar-refractivity contribution >= 4 is 11.3 Å². The van der Waals surface area contributed by atoms with Crippen LogP contribution in [-0.4, -0.2) is 4.98 Å². The van der Waals surface area contributed by atoms with Crippen molar-refractivity contribution < 1.29 is 31.1 Å². The van der Waals surface area contributed by atoms with Crippen molar-refractivity contribution in [2.75, 3.05) is 0 Å². The number of aromatic nitrogens is 1. The number of thiazole rings is 1. The number of hydrogen-bond donors (Lipinski definition) is 0. The smallest absolute Gasteiger partial charge is 0.344 e. The molecular formula is C15H31NSU. The zero-order valence-electron chi connectivity index (χ0n) is 13.2. The summed E-state index contributed by atoms with van der Waals surface area (Å²) >= 11 is 1.76. The molecule has 0 amide bonds. The van der Waals surface area contributed by atoms with Gasteiger partial charge in [-0.3, -0.25) is 0 Å². The van der Waals surface area contributed by atoms with Gasteiger partial charge in [-0.25, -0.2) is 4.98 Å². The van der Waals surface area contributed by atoms with E-state index in [1.807, 2.05) is 34.6 Å². The Labute approximate surface area is 144 Å². The van der Waals surface area contributed by atoms with Crippen LogP contribution >= 0.6 is 11.3 Å². The third-order valence-electron chi connectivity index (χ3n) is 1.13. The first-order valence-corrected chi connectivity index (χ1v) is 7.53. The van der Waals surface area contributed by atoms with Crippen LogP contribution in [-0.2, 0) is 6.42 Å². The Kier molecular flexibility index (Phi) is 39.6. The van der Waals surface area contributed by atoms with Gasteiger partial charge in [-0.05, 0) is 19.8 Å². The minimum Gasteiger partial charge on any atom is -0.344 e. The number of rotatable bonds is 2. The minimum atomic E-state index is 0. The average molecular weight is 496 g/mol. The maximum absolute atomic E-state index is 4.32. The molecule has 0 aliphatic carbocycles. The first-order chi connectivity index (χ1) is 8.15. The van der Waals surface area contributed by atoms with E-state index in [1.165, 1.54) is 11.4 Å². The SMILES string of the molecule is CC.CCCc1nc(C)cs1.[CH2-]CC.[CH2-]CC.[U+2]. The van der Waals surface area contributed by atoms with Crippen LogP contribution in [0.15, 0.2) is 5.38 Å². The normalized spacial score (nSPS) is 7.33. The van der Waals surface area contributed by atoms with E-state index in [0.29, 0.717) is 0 Å². The second-order valence-corrected chi connectivity index (χ2v) is 4.08. The second-order valence-electron chi connectivity index (χ2n) is 3.13. The first-order valence-electron chi connectivity index (χ1n) is 6.65. The summed E-state index contributed by atoms with van der Waals surface area (Å²) in [5, 5.41) is 3.38. The van der Waals surface area contributed by atoms with Gasteiger partial charge in [-0.15, -0.1) is 11.3 Å². The molecule has 0 aliphatic rings. The van der Waals surface area contributed by atoms with Gasteiger partial charge in [0.1, 0.15) is 0 Å². The molecule has 106 valence electrons. The molecule has 0 spiro atoms. The van der Waals surface area contributed by atoms with Crippen molar-refractivity contribution in [1.82, 2.24) is 4.98 Å². The molecule has 0 fully saturated rings. The predicted molar refractivity (Wildman–Crippen MR) is 83.5 cm³/mol. The maximum atomic E-state index is 4.32. The van der Waals surface area contributed by atoms with Crippen LogP contribution in [0.2, 0.25) is 0 Å². The summed E-state index contributed by atoms with van der Waals surface area (Å²) in [5.41, 5.74) is 1.16. The molecule has 0 N–H and O–H groups in total. The van der Waals surface area contributed by atoms with Gasteiger partial charge >= 0.3 is 31.1 Å². The molecule has 1 heterocycles. The van der Waals surface area contributed by atoms with Crippen LogP contribution in [0.1, 0.15) is 64.6 Å². The minimum absolute atomic E-state index is 0. The quantitative estimate of drug-likeness (QED) is 0.467. The Balaban J connectivity index is -0.0000000930. The number of nitrogens with zero attached hydrogens (tertiary/aromatic N) is 1. The fourth-order valence-corrected chi connectivity index (χ4v) is 1.61. The van der Waals surface area contributed by atoms with E-state index in [-0.39, 0.29) is 31.1 Å². The van der Waals surface area contributed by atoms with Gasteiger partial charge in [0.2, 0.25) is 0 Å². The summed E-state index contributed by atoms with van der Waals surface area (Å²) in [6.07, 6.45) is 4.34. The monoisotopic (exact) mass is 495 g/mol. The molecule has 0 saturated carbocycles. The zero-order valence-corrected chi connectivity index (χ0v) is 18.2. The van der Waals surface area contributed by atoms with Crippen LogP contribution in [0.3, 0.4) is 0 Å². The summed E-state index contributed by atoms with van der Waals surface area (Å²) in [5.74, 6) is 0. The number of hydrogen-bond acceptors (Lipinski definition) is 2. The average Bonchev–Trinajstić information content (AvgIpc) is 2.70. The van der Waals surface area contributed by atoms with Crippen LogP contribution < -0.4 is 0 Å². The van der Waals surface area contributed by atoms with E-state index in [2.05, 4.69) is 31.1 Å². The largest absolute Gasteiger partial charge is 2.00 e. The molecule has 0 atom stereocenters. The van der Waals surface area contributed by atoms with Crippen molar-refractivity contribution in [2.45, 2.75) is 67.2 Å². The summed E-state index contributed by atoms with van der Waals surface area (Å²) < 4.78 is 0. The van der Waals surface area contributed by atoms with E-state index in [9.17, 15) is 0 Å². The van der Waals surface area contributed by atoms with Crippen molar-refractivity contribution in [3.05, 3.63) is 29.9 Å². The summed E-state index contributed by atoms with van der Waals surface area (Å²) in [6, 6.07) is 0. The van der Waals surface area contributed by atoms with Crippen molar-refractivity contribution in [1.29, 1.82) is 0 Å². The summed E-state index contributed by atoms with van der Waals surface area (Å²) in [7, 11) is 0. The van der Waals surface area contributed by atoms with Gasteiger partial charge in [0.15, 0.2) is 0 Å². The molecule has 0 aromatic carbocycles. The predicted octanol–water partition coefficient (Wildman–Crippen LogP) is 5.89. The molecule has 1 rings (SSSR count). The fourth-order valence-electron chi connectivity index (χ4n) is 0.731. The Hall–Kier alpha value is 0.682. The van der Waals surface area contributed by atoms with Crippen LogP contribution in [0.4, 0.5) is 0 Å². The molecular weight excluding hydrogens is 464 g/mol. The summed E-state index contributed by atoms with van der Waals surface area (Å²) in [6.45, 7) is 19.2.